The number of carbonyl (C=O) groups is 2. The molecule has 1 aliphatic rings. The second-order valence-electron chi connectivity index (χ2n) is 4.63. The number of Topliss-reactive ketones (excluding diaryl/α,β-unsaturated/α-hetero) is 1. The Labute approximate surface area is 122 Å². The molecule has 2 unspecified atom stereocenters. The molecule has 1 heterocycles. The topological polar surface area (TPSA) is 81.4 Å². The van der Waals surface area contributed by atoms with Crippen molar-refractivity contribution in [2.24, 2.45) is 5.73 Å². The highest BCUT2D eigenvalue weighted by atomic mass is 32.2. The maximum Gasteiger partial charge on any atom is 0.265 e. The van der Waals surface area contributed by atoms with E-state index in [-0.39, 0.29) is 16.9 Å². The van der Waals surface area contributed by atoms with Crippen molar-refractivity contribution in [1.29, 1.82) is 0 Å². The third kappa shape index (κ3) is 3.13. The van der Waals surface area contributed by atoms with Crippen molar-refractivity contribution in [3.05, 3.63) is 23.8 Å². The molecule has 0 spiro atoms. The monoisotopic (exact) mass is 294 g/mol. The average molecular weight is 294 g/mol. The smallest absolute Gasteiger partial charge is 0.265 e. The number of ketones is 1. The maximum absolute atomic E-state index is 12.3. The standard InChI is InChI=1S/C14H18N2O3S/c1-8-14(18)16-11-7-10(3-4-12(11)19-8)13(17)9(2)20-6-5-15/h3-4,7-9H,5-6,15H2,1-2H3,(H,16,18). The number of anilines is 1. The number of hydrogen-bond acceptors (Lipinski definition) is 5. The zero-order valence-electron chi connectivity index (χ0n) is 11.5. The van der Waals surface area contributed by atoms with E-state index in [1.54, 1.807) is 25.1 Å². The Morgan fingerprint density at radius 2 is 2.30 bits per heavy atom. The number of carbonyl (C=O) groups excluding carboxylic acids is 2. The van der Waals surface area contributed by atoms with E-state index in [1.165, 1.54) is 11.8 Å². The van der Waals surface area contributed by atoms with Crippen LogP contribution in [0.5, 0.6) is 5.75 Å². The fourth-order valence-corrected chi connectivity index (χ4v) is 2.69. The van der Waals surface area contributed by atoms with Crippen LogP contribution in [0.4, 0.5) is 5.69 Å². The highest BCUT2D eigenvalue weighted by Crippen LogP contribution is 2.31. The van der Waals surface area contributed by atoms with E-state index in [9.17, 15) is 9.59 Å². The fourth-order valence-electron chi connectivity index (χ4n) is 1.92. The molecule has 1 aromatic rings. The number of benzene rings is 1. The molecule has 1 amide bonds. The van der Waals surface area contributed by atoms with Crippen LogP contribution in [0.1, 0.15) is 24.2 Å². The molecule has 1 aromatic carbocycles. The van der Waals surface area contributed by atoms with Gasteiger partial charge in [-0.15, -0.1) is 11.8 Å². The van der Waals surface area contributed by atoms with Crippen LogP contribution < -0.4 is 15.8 Å². The van der Waals surface area contributed by atoms with Gasteiger partial charge in [-0.3, -0.25) is 9.59 Å². The number of amides is 1. The molecule has 1 aliphatic heterocycles. The molecule has 0 saturated heterocycles. The molecule has 20 heavy (non-hydrogen) atoms. The van der Waals surface area contributed by atoms with E-state index in [0.717, 1.165) is 5.75 Å². The van der Waals surface area contributed by atoms with Crippen LogP contribution in [-0.2, 0) is 4.79 Å². The summed E-state index contributed by atoms with van der Waals surface area (Å²) in [6, 6.07) is 5.12. The van der Waals surface area contributed by atoms with Crippen molar-refractivity contribution in [2.75, 3.05) is 17.6 Å². The molecule has 2 atom stereocenters. The minimum Gasteiger partial charge on any atom is -0.479 e. The summed E-state index contributed by atoms with van der Waals surface area (Å²) < 4.78 is 5.46. The van der Waals surface area contributed by atoms with Gasteiger partial charge in [0.1, 0.15) is 5.75 Å². The molecule has 6 heteroatoms. The van der Waals surface area contributed by atoms with E-state index >= 15 is 0 Å². The maximum atomic E-state index is 12.3. The largest absolute Gasteiger partial charge is 0.479 e. The normalized spacial score (nSPS) is 18.8. The molecule has 0 radical (unpaired) electrons. The Hall–Kier alpha value is -1.53. The van der Waals surface area contributed by atoms with Gasteiger partial charge in [-0.05, 0) is 32.0 Å². The summed E-state index contributed by atoms with van der Waals surface area (Å²) in [5.74, 6) is 1.16. The zero-order valence-corrected chi connectivity index (χ0v) is 12.3. The lowest BCUT2D eigenvalue weighted by atomic mass is 10.1. The predicted octanol–water partition coefficient (Wildman–Crippen LogP) is 1.67. The number of rotatable bonds is 5. The minimum atomic E-state index is -0.511. The third-order valence-electron chi connectivity index (χ3n) is 3.05. The van der Waals surface area contributed by atoms with E-state index in [1.807, 2.05) is 6.92 Å². The molecule has 0 aromatic heterocycles. The van der Waals surface area contributed by atoms with Crippen molar-refractivity contribution in [1.82, 2.24) is 0 Å². The van der Waals surface area contributed by atoms with Gasteiger partial charge in [0.15, 0.2) is 11.9 Å². The lowest BCUT2D eigenvalue weighted by molar-refractivity contribution is -0.122. The molecule has 0 aliphatic carbocycles. The Morgan fingerprint density at radius 3 is 3.00 bits per heavy atom. The number of nitrogens with one attached hydrogen (secondary N) is 1. The summed E-state index contributed by atoms with van der Waals surface area (Å²) in [6.07, 6.45) is -0.511. The van der Waals surface area contributed by atoms with Crippen molar-refractivity contribution < 1.29 is 14.3 Å². The second-order valence-corrected chi connectivity index (χ2v) is 6.07. The predicted molar refractivity (Wildman–Crippen MR) is 80.5 cm³/mol. The van der Waals surface area contributed by atoms with Gasteiger partial charge in [-0.1, -0.05) is 0 Å². The quantitative estimate of drug-likeness (QED) is 0.807. The van der Waals surface area contributed by atoms with Crippen LogP contribution in [-0.4, -0.2) is 35.3 Å². The zero-order chi connectivity index (χ0) is 14.7. The fraction of sp³-hybridized carbons (Fsp3) is 0.429. The van der Waals surface area contributed by atoms with Gasteiger partial charge in [0.05, 0.1) is 10.9 Å². The summed E-state index contributed by atoms with van der Waals surface area (Å²) in [7, 11) is 0. The first-order valence-electron chi connectivity index (χ1n) is 6.50. The van der Waals surface area contributed by atoms with Gasteiger partial charge in [0, 0.05) is 17.9 Å². The summed E-state index contributed by atoms with van der Waals surface area (Å²) in [4.78, 5) is 23.8. The average Bonchev–Trinajstić information content (AvgIpc) is 2.44. The summed E-state index contributed by atoms with van der Waals surface area (Å²) >= 11 is 1.52. The van der Waals surface area contributed by atoms with Crippen molar-refractivity contribution in [3.63, 3.8) is 0 Å². The lowest BCUT2D eigenvalue weighted by Gasteiger charge is -2.23. The molecular weight excluding hydrogens is 276 g/mol. The van der Waals surface area contributed by atoms with E-state index < -0.39 is 6.10 Å². The number of nitrogens with two attached hydrogens (primary N) is 1. The van der Waals surface area contributed by atoms with Crippen LogP contribution in [0.3, 0.4) is 0 Å². The van der Waals surface area contributed by atoms with Crippen LogP contribution in [0, 0.1) is 0 Å². The highest BCUT2D eigenvalue weighted by Gasteiger charge is 2.25. The third-order valence-corrected chi connectivity index (χ3v) is 4.24. The Kier molecular flexibility index (Phi) is 4.67. The number of thioether (sulfide) groups is 1. The Bertz CT molecular complexity index is 533. The SMILES string of the molecule is CC1Oc2ccc(C(=O)C(C)SCCN)cc2NC1=O. The van der Waals surface area contributed by atoms with Gasteiger partial charge in [-0.25, -0.2) is 0 Å². The molecule has 0 fully saturated rings. The van der Waals surface area contributed by atoms with Crippen molar-refractivity contribution >= 4 is 29.1 Å². The number of ether oxygens (including phenoxy) is 1. The lowest BCUT2D eigenvalue weighted by Crippen LogP contribution is -2.34. The van der Waals surface area contributed by atoms with E-state index in [2.05, 4.69) is 5.32 Å². The first-order chi connectivity index (χ1) is 9.52. The molecule has 0 saturated carbocycles. The van der Waals surface area contributed by atoms with Crippen molar-refractivity contribution in [3.8, 4) is 5.75 Å². The molecule has 3 N–H and O–H groups in total. The Morgan fingerprint density at radius 1 is 1.55 bits per heavy atom. The summed E-state index contributed by atoms with van der Waals surface area (Å²) in [5.41, 5.74) is 6.56. The summed E-state index contributed by atoms with van der Waals surface area (Å²) in [6.45, 7) is 4.09. The van der Waals surface area contributed by atoms with Gasteiger partial charge >= 0.3 is 0 Å². The first kappa shape index (κ1) is 14.9. The van der Waals surface area contributed by atoms with E-state index in [4.69, 9.17) is 10.5 Å². The second kappa shape index (κ2) is 6.28. The van der Waals surface area contributed by atoms with Crippen LogP contribution in [0.15, 0.2) is 18.2 Å². The summed E-state index contributed by atoms with van der Waals surface area (Å²) in [5, 5.41) is 2.59. The molecular formula is C14H18N2O3S. The van der Waals surface area contributed by atoms with Gasteiger partial charge in [0.2, 0.25) is 0 Å². The highest BCUT2D eigenvalue weighted by molar-refractivity contribution is 8.00. The van der Waals surface area contributed by atoms with Crippen molar-refractivity contribution in [2.45, 2.75) is 25.2 Å². The number of hydrogen-bond donors (Lipinski definition) is 2. The molecule has 5 nitrogen and oxygen atoms in total. The Balaban J connectivity index is 2.17. The minimum absolute atomic E-state index is 0.0270. The van der Waals surface area contributed by atoms with Crippen LogP contribution in [0.25, 0.3) is 0 Å². The van der Waals surface area contributed by atoms with Crippen LogP contribution in [0.2, 0.25) is 0 Å². The van der Waals surface area contributed by atoms with Gasteiger partial charge in [0.25, 0.3) is 5.91 Å². The molecule has 108 valence electrons. The number of fused-ring (bicyclic) bond motifs is 1. The van der Waals surface area contributed by atoms with Crippen LogP contribution >= 0.6 is 11.8 Å². The van der Waals surface area contributed by atoms with Gasteiger partial charge < -0.3 is 15.8 Å². The molecule has 0 bridgehead atoms. The van der Waals surface area contributed by atoms with E-state index in [0.29, 0.717) is 23.5 Å². The first-order valence-corrected chi connectivity index (χ1v) is 7.55. The van der Waals surface area contributed by atoms with Gasteiger partial charge in [-0.2, -0.15) is 0 Å². The molecule has 2 rings (SSSR count).